The molecule has 2 N–H and O–H groups in total. The van der Waals surface area contributed by atoms with E-state index in [4.69, 9.17) is 10.5 Å². The van der Waals surface area contributed by atoms with E-state index in [1.165, 1.54) is 27.3 Å². The summed E-state index contributed by atoms with van der Waals surface area (Å²) in [4.78, 5) is 30.1. The average molecular weight is 412 g/mol. The monoisotopic (exact) mass is 412 g/mol. The Kier molecular flexibility index (Phi) is 4.88. The first-order chi connectivity index (χ1) is 14.1. The first-order valence-electron chi connectivity index (χ1n) is 10.0. The Morgan fingerprint density at radius 2 is 2.07 bits per heavy atom. The number of rotatable bonds is 4. The number of hydrogen-bond donors (Lipinski definition) is 1. The van der Waals surface area contributed by atoms with E-state index < -0.39 is 17.5 Å². The van der Waals surface area contributed by atoms with Crippen LogP contribution in [0.1, 0.15) is 45.0 Å². The molecule has 0 aliphatic heterocycles. The molecule has 0 atom stereocenters. The normalized spacial score (nSPS) is 14.3. The Labute approximate surface area is 173 Å². The lowest BCUT2D eigenvalue weighted by atomic mass is 10.1. The van der Waals surface area contributed by atoms with E-state index in [1.807, 2.05) is 0 Å². The van der Waals surface area contributed by atoms with Gasteiger partial charge in [0.25, 0.3) is 5.56 Å². The standard InChI is InChI=1S/C22H25FN4O3/c1-22(2,3)30-21(29)27-17-11-15(23)10-14(9-13-6-7-13)19(17)25-18(27)12-26-8-4-5-16(24)20(26)28/h4-5,8,10-11,13H,6-7,9,12,24H2,1-3H3. The van der Waals surface area contributed by atoms with Crippen molar-refractivity contribution in [2.45, 2.75) is 52.2 Å². The number of pyridine rings is 1. The van der Waals surface area contributed by atoms with E-state index in [-0.39, 0.29) is 23.6 Å². The maximum atomic E-state index is 14.4. The minimum Gasteiger partial charge on any atom is -0.443 e. The Morgan fingerprint density at radius 1 is 1.33 bits per heavy atom. The van der Waals surface area contributed by atoms with E-state index in [0.717, 1.165) is 18.4 Å². The largest absolute Gasteiger partial charge is 0.443 e. The molecule has 30 heavy (non-hydrogen) atoms. The number of carbonyl (C=O) groups excluding carboxylic acids is 1. The van der Waals surface area contributed by atoms with Gasteiger partial charge in [-0.3, -0.25) is 4.79 Å². The molecule has 0 unspecified atom stereocenters. The topological polar surface area (TPSA) is 92.1 Å². The quantitative estimate of drug-likeness (QED) is 0.705. The van der Waals surface area contributed by atoms with Crippen LogP contribution in [-0.2, 0) is 17.7 Å². The number of nitrogen functional groups attached to an aromatic ring is 1. The van der Waals surface area contributed by atoms with Gasteiger partial charge in [-0.15, -0.1) is 0 Å². The second kappa shape index (κ2) is 7.27. The zero-order valence-electron chi connectivity index (χ0n) is 17.3. The number of hydrogen-bond acceptors (Lipinski definition) is 5. The molecule has 1 fully saturated rings. The Hall–Kier alpha value is -3.16. The molecule has 8 heteroatoms. The van der Waals surface area contributed by atoms with Crippen LogP contribution < -0.4 is 11.3 Å². The summed E-state index contributed by atoms with van der Waals surface area (Å²) < 4.78 is 22.6. The number of ether oxygens (including phenoxy) is 1. The van der Waals surface area contributed by atoms with Crippen LogP contribution >= 0.6 is 0 Å². The van der Waals surface area contributed by atoms with Crippen LogP contribution in [-0.4, -0.2) is 25.8 Å². The summed E-state index contributed by atoms with van der Waals surface area (Å²) in [6.45, 7) is 5.27. The highest BCUT2D eigenvalue weighted by Crippen LogP contribution is 2.35. The smallest absolute Gasteiger partial charge is 0.420 e. The van der Waals surface area contributed by atoms with Gasteiger partial charge in [0.15, 0.2) is 0 Å². The molecule has 1 aliphatic rings. The number of nitrogens with two attached hydrogens (primary N) is 1. The summed E-state index contributed by atoms with van der Waals surface area (Å²) in [5, 5.41) is 0. The van der Waals surface area contributed by atoms with Gasteiger partial charge >= 0.3 is 6.09 Å². The minimum atomic E-state index is -0.747. The SMILES string of the molecule is CC(C)(C)OC(=O)n1c(Cn2cccc(N)c2=O)nc2c(CC3CC3)cc(F)cc21. The fourth-order valence-corrected chi connectivity index (χ4v) is 3.50. The number of anilines is 1. The van der Waals surface area contributed by atoms with Gasteiger partial charge < -0.3 is 15.0 Å². The van der Waals surface area contributed by atoms with Crippen molar-refractivity contribution >= 4 is 22.8 Å². The van der Waals surface area contributed by atoms with E-state index in [9.17, 15) is 14.0 Å². The third-order valence-corrected chi connectivity index (χ3v) is 5.02. The lowest BCUT2D eigenvalue weighted by Gasteiger charge is -2.20. The summed E-state index contributed by atoms with van der Waals surface area (Å²) in [5.41, 5.74) is 6.35. The summed E-state index contributed by atoms with van der Waals surface area (Å²) in [5.74, 6) is 0.367. The Bertz CT molecular complexity index is 1190. The lowest BCUT2D eigenvalue weighted by Crippen LogP contribution is -2.30. The van der Waals surface area contributed by atoms with Crippen LogP contribution in [0.4, 0.5) is 14.9 Å². The third-order valence-electron chi connectivity index (χ3n) is 5.02. The number of imidazole rings is 1. The molecule has 158 valence electrons. The van der Waals surface area contributed by atoms with Gasteiger partial charge in [0.1, 0.15) is 17.2 Å². The molecule has 4 rings (SSSR count). The van der Waals surface area contributed by atoms with Gasteiger partial charge in [-0.2, -0.15) is 0 Å². The van der Waals surface area contributed by atoms with Gasteiger partial charge in [0.05, 0.1) is 23.3 Å². The predicted molar refractivity (Wildman–Crippen MR) is 112 cm³/mol. The Morgan fingerprint density at radius 3 is 2.73 bits per heavy atom. The highest BCUT2D eigenvalue weighted by molar-refractivity contribution is 5.89. The number of halogens is 1. The van der Waals surface area contributed by atoms with Crippen molar-refractivity contribution in [2.24, 2.45) is 5.92 Å². The van der Waals surface area contributed by atoms with Gasteiger partial charge in [-0.25, -0.2) is 18.7 Å². The third kappa shape index (κ3) is 4.08. The molecule has 1 aliphatic carbocycles. The second-order valence-electron chi connectivity index (χ2n) is 8.82. The molecule has 0 spiro atoms. The van der Waals surface area contributed by atoms with Crippen molar-refractivity contribution in [3.63, 3.8) is 0 Å². The molecule has 2 aromatic heterocycles. The van der Waals surface area contributed by atoms with Crippen molar-refractivity contribution in [1.29, 1.82) is 0 Å². The molecule has 1 aromatic carbocycles. The van der Waals surface area contributed by atoms with E-state index >= 15 is 0 Å². The molecule has 3 aromatic rings. The van der Waals surface area contributed by atoms with Gasteiger partial charge in [0.2, 0.25) is 0 Å². The van der Waals surface area contributed by atoms with Crippen LogP contribution in [0.15, 0.2) is 35.3 Å². The van der Waals surface area contributed by atoms with E-state index in [1.54, 1.807) is 33.0 Å². The summed E-state index contributed by atoms with van der Waals surface area (Å²) in [6, 6.07) is 5.92. The van der Waals surface area contributed by atoms with Gasteiger partial charge in [-0.1, -0.05) is 0 Å². The molecule has 1 saturated carbocycles. The first kappa shape index (κ1) is 20.1. The van der Waals surface area contributed by atoms with Crippen LogP contribution in [0.2, 0.25) is 0 Å². The predicted octanol–water partition coefficient (Wildman–Crippen LogP) is 3.70. The maximum Gasteiger partial charge on any atom is 0.420 e. The molecule has 7 nitrogen and oxygen atoms in total. The van der Waals surface area contributed by atoms with E-state index in [0.29, 0.717) is 23.4 Å². The van der Waals surface area contributed by atoms with E-state index in [2.05, 4.69) is 4.98 Å². The zero-order valence-corrected chi connectivity index (χ0v) is 17.3. The first-order valence-corrected chi connectivity index (χ1v) is 10.0. The van der Waals surface area contributed by atoms with Crippen molar-refractivity contribution in [2.75, 3.05) is 5.73 Å². The number of aromatic nitrogens is 3. The van der Waals surface area contributed by atoms with Crippen molar-refractivity contribution in [3.05, 3.63) is 58.0 Å². The second-order valence-corrected chi connectivity index (χ2v) is 8.82. The molecule has 0 radical (unpaired) electrons. The fraction of sp³-hybridized carbons (Fsp3) is 0.409. The van der Waals surface area contributed by atoms with Gasteiger partial charge in [0, 0.05) is 12.3 Å². The van der Waals surface area contributed by atoms with Crippen molar-refractivity contribution < 1.29 is 13.9 Å². The fourth-order valence-electron chi connectivity index (χ4n) is 3.50. The molecule has 0 amide bonds. The highest BCUT2D eigenvalue weighted by Gasteiger charge is 2.28. The van der Waals surface area contributed by atoms with Crippen molar-refractivity contribution in [1.82, 2.24) is 14.1 Å². The molecule has 0 saturated heterocycles. The van der Waals surface area contributed by atoms with Crippen LogP contribution in [0, 0.1) is 11.7 Å². The molecular weight excluding hydrogens is 387 g/mol. The number of carbonyl (C=O) groups is 1. The van der Waals surface area contributed by atoms with Crippen LogP contribution in [0.5, 0.6) is 0 Å². The minimum absolute atomic E-state index is 0.00227. The molecule has 2 heterocycles. The zero-order chi connectivity index (χ0) is 21.6. The maximum absolute atomic E-state index is 14.4. The highest BCUT2D eigenvalue weighted by atomic mass is 19.1. The number of benzene rings is 1. The lowest BCUT2D eigenvalue weighted by molar-refractivity contribution is 0.0538. The number of fused-ring (bicyclic) bond motifs is 1. The van der Waals surface area contributed by atoms with Crippen LogP contribution in [0.3, 0.4) is 0 Å². The Balaban J connectivity index is 1.88. The van der Waals surface area contributed by atoms with Gasteiger partial charge in [-0.05, 0) is 69.7 Å². The van der Waals surface area contributed by atoms with Crippen LogP contribution in [0.25, 0.3) is 11.0 Å². The van der Waals surface area contributed by atoms with Crippen molar-refractivity contribution in [3.8, 4) is 0 Å². The molecular formula is C22H25FN4O3. The summed E-state index contributed by atoms with van der Waals surface area (Å²) in [7, 11) is 0. The summed E-state index contributed by atoms with van der Waals surface area (Å²) >= 11 is 0. The number of nitrogens with zero attached hydrogens (tertiary/aromatic N) is 3. The average Bonchev–Trinajstić information content (AvgIpc) is 3.36. The molecule has 0 bridgehead atoms. The summed E-state index contributed by atoms with van der Waals surface area (Å²) in [6.07, 6.45) is 3.83.